The second-order valence-corrected chi connectivity index (χ2v) is 8.00. The Hall–Kier alpha value is -1.07. The topological polar surface area (TPSA) is 49.4 Å². The van der Waals surface area contributed by atoms with Gasteiger partial charge in [-0.15, -0.1) is 11.3 Å². The summed E-state index contributed by atoms with van der Waals surface area (Å²) in [5, 5.41) is 3.02. The molecule has 3 rings (SSSR count). The van der Waals surface area contributed by atoms with Crippen molar-refractivity contribution < 1.29 is 9.59 Å². The first-order valence-electron chi connectivity index (χ1n) is 7.89. The summed E-state index contributed by atoms with van der Waals surface area (Å²) in [4.78, 5) is 27.6. The third-order valence-corrected chi connectivity index (χ3v) is 6.09. The van der Waals surface area contributed by atoms with Crippen LogP contribution in [0.2, 0.25) is 4.34 Å². The minimum absolute atomic E-state index is 0.0223. The first kappa shape index (κ1) is 15.8. The molecular formula is C16H21ClN2O2S. The summed E-state index contributed by atoms with van der Waals surface area (Å²) in [6.45, 7) is 2.53. The maximum Gasteiger partial charge on any atom is 0.225 e. The minimum Gasteiger partial charge on any atom is -0.348 e. The summed E-state index contributed by atoms with van der Waals surface area (Å²) in [7, 11) is 0. The Morgan fingerprint density at radius 2 is 2.14 bits per heavy atom. The van der Waals surface area contributed by atoms with Crippen LogP contribution in [0.5, 0.6) is 0 Å². The van der Waals surface area contributed by atoms with Crippen molar-refractivity contribution >= 4 is 34.8 Å². The van der Waals surface area contributed by atoms with Crippen molar-refractivity contribution in [1.29, 1.82) is 0 Å². The number of hydrogen-bond donors (Lipinski definition) is 1. The van der Waals surface area contributed by atoms with Gasteiger partial charge in [0.2, 0.25) is 11.8 Å². The monoisotopic (exact) mass is 340 g/mol. The number of hydrogen-bond acceptors (Lipinski definition) is 3. The molecule has 0 radical (unpaired) electrons. The zero-order chi connectivity index (χ0) is 15.7. The normalized spacial score (nSPS) is 24.0. The van der Waals surface area contributed by atoms with Gasteiger partial charge in [-0.1, -0.05) is 24.4 Å². The van der Waals surface area contributed by atoms with E-state index in [2.05, 4.69) is 5.32 Å². The number of rotatable bonds is 4. The molecule has 1 aliphatic heterocycles. The highest BCUT2D eigenvalue weighted by Gasteiger charge is 2.38. The van der Waals surface area contributed by atoms with Crippen LogP contribution in [0, 0.1) is 5.92 Å². The maximum atomic E-state index is 12.4. The SMILES string of the molecule is CC(NC(=O)C1CC(=O)N(C2CCCC2)C1)c1ccc(Cl)s1. The number of thiophene rings is 1. The highest BCUT2D eigenvalue weighted by atomic mass is 35.5. The van der Waals surface area contributed by atoms with Crippen molar-refractivity contribution in [1.82, 2.24) is 10.2 Å². The van der Waals surface area contributed by atoms with Crippen LogP contribution < -0.4 is 5.32 Å². The number of carbonyl (C=O) groups excluding carboxylic acids is 2. The molecule has 1 aromatic heterocycles. The van der Waals surface area contributed by atoms with E-state index in [9.17, 15) is 9.59 Å². The molecule has 2 aliphatic rings. The molecule has 1 saturated carbocycles. The maximum absolute atomic E-state index is 12.4. The molecule has 2 fully saturated rings. The van der Waals surface area contributed by atoms with Crippen molar-refractivity contribution in [2.75, 3.05) is 6.54 Å². The van der Waals surface area contributed by atoms with E-state index in [4.69, 9.17) is 11.6 Å². The average Bonchev–Trinajstić information content (AvgIpc) is 3.18. The number of halogens is 1. The average molecular weight is 341 g/mol. The van der Waals surface area contributed by atoms with Gasteiger partial charge in [-0.05, 0) is 31.9 Å². The summed E-state index contributed by atoms with van der Waals surface area (Å²) < 4.78 is 0.722. The molecular weight excluding hydrogens is 320 g/mol. The van der Waals surface area contributed by atoms with E-state index in [1.807, 2.05) is 24.0 Å². The van der Waals surface area contributed by atoms with E-state index in [0.29, 0.717) is 19.0 Å². The van der Waals surface area contributed by atoms with Gasteiger partial charge in [-0.2, -0.15) is 0 Å². The van der Waals surface area contributed by atoms with Crippen molar-refractivity contribution in [2.24, 2.45) is 5.92 Å². The second kappa shape index (κ2) is 6.59. The van der Waals surface area contributed by atoms with Gasteiger partial charge in [0.15, 0.2) is 0 Å². The lowest BCUT2D eigenvalue weighted by Gasteiger charge is -2.24. The molecule has 22 heavy (non-hydrogen) atoms. The Labute approximate surface area is 139 Å². The molecule has 2 atom stereocenters. The summed E-state index contributed by atoms with van der Waals surface area (Å²) in [5.74, 6) is -0.101. The molecule has 2 heterocycles. The molecule has 2 amide bonds. The van der Waals surface area contributed by atoms with Gasteiger partial charge < -0.3 is 10.2 Å². The Morgan fingerprint density at radius 1 is 1.41 bits per heavy atom. The third-order valence-electron chi connectivity index (χ3n) is 4.67. The minimum atomic E-state index is -0.217. The van der Waals surface area contributed by atoms with Crippen LogP contribution in [-0.4, -0.2) is 29.3 Å². The zero-order valence-electron chi connectivity index (χ0n) is 12.7. The van der Waals surface area contributed by atoms with Gasteiger partial charge in [0.25, 0.3) is 0 Å². The van der Waals surface area contributed by atoms with E-state index in [-0.39, 0.29) is 23.8 Å². The van der Waals surface area contributed by atoms with Crippen molar-refractivity contribution in [3.8, 4) is 0 Å². The van der Waals surface area contributed by atoms with Gasteiger partial charge in [0, 0.05) is 23.9 Å². The van der Waals surface area contributed by atoms with E-state index in [1.54, 1.807) is 0 Å². The first-order valence-corrected chi connectivity index (χ1v) is 9.09. The first-order chi connectivity index (χ1) is 10.5. The van der Waals surface area contributed by atoms with Gasteiger partial charge in [0.05, 0.1) is 16.3 Å². The van der Waals surface area contributed by atoms with Crippen molar-refractivity contribution in [2.45, 2.75) is 51.1 Å². The summed E-state index contributed by atoms with van der Waals surface area (Å²) >= 11 is 7.41. The quantitative estimate of drug-likeness (QED) is 0.913. The van der Waals surface area contributed by atoms with Crippen LogP contribution in [0.15, 0.2) is 12.1 Å². The third kappa shape index (κ3) is 3.30. The molecule has 2 unspecified atom stereocenters. The lowest BCUT2D eigenvalue weighted by Crippen LogP contribution is -2.37. The summed E-state index contributed by atoms with van der Waals surface area (Å²) in [5.41, 5.74) is 0. The van der Waals surface area contributed by atoms with E-state index in [0.717, 1.165) is 22.1 Å². The lowest BCUT2D eigenvalue weighted by molar-refractivity contribution is -0.130. The van der Waals surface area contributed by atoms with Gasteiger partial charge in [-0.25, -0.2) is 0 Å². The van der Waals surface area contributed by atoms with Crippen LogP contribution in [0.3, 0.4) is 0 Å². The Balaban J connectivity index is 1.57. The Kier molecular flexibility index (Phi) is 4.73. The standard InChI is InChI=1S/C16H21ClN2O2S/c1-10(13-6-7-14(17)22-13)18-16(21)11-8-15(20)19(9-11)12-4-2-3-5-12/h6-7,10-12H,2-5,8-9H2,1H3,(H,18,21). The molecule has 120 valence electrons. The fourth-order valence-electron chi connectivity index (χ4n) is 3.44. The van der Waals surface area contributed by atoms with Gasteiger partial charge in [-0.3, -0.25) is 9.59 Å². The number of amides is 2. The molecule has 6 heteroatoms. The number of carbonyl (C=O) groups is 2. The Morgan fingerprint density at radius 3 is 2.77 bits per heavy atom. The number of likely N-dealkylation sites (tertiary alicyclic amines) is 1. The number of nitrogens with zero attached hydrogens (tertiary/aromatic N) is 1. The molecule has 0 bridgehead atoms. The predicted octanol–water partition coefficient (Wildman–Crippen LogP) is 3.37. The van der Waals surface area contributed by atoms with Crippen LogP contribution in [0.25, 0.3) is 0 Å². The summed E-state index contributed by atoms with van der Waals surface area (Å²) in [6.07, 6.45) is 4.91. The second-order valence-electron chi connectivity index (χ2n) is 6.26. The Bertz CT molecular complexity index is 568. The molecule has 0 aromatic carbocycles. The van der Waals surface area contributed by atoms with Crippen LogP contribution in [0.4, 0.5) is 0 Å². The van der Waals surface area contributed by atoms with E-state index in [1.165, 1.54) is 24.2 Å². The molecule has 1 aliphatic carbocycles. The lowest BCUT2D eigenvalue weighted by atomic mass is 10.1. The molecule has 0 spiro atoms. The summed E-state index contributed by atoms with van der Waals surface area (Å²) in [6, 6.07) is 4.06. The smallest absolute Gasteiger partial charge is 0.225 e. The number of nitrogens with one attached hydrogen (secondary N) is 1. The molecule has 4 nitrogen and oxygen atoms in total. The van der Waals surface area contributed by atoms with Crippen LogP contribution in [-0.2, 0) is 9.59 Å². The predicted molar refractivity (Wildman–Crippen MR) is 88.0 cm³/mol. The van der Waals surface area contributed by atoms with Crippen LogP contribution >= 0.6 is 22.9 Å². The zero-order valence-corrected chi connectivity index (χ0v) is 14.3. The van der Waals surface area contributed by atoms with Crippen LogP contribution in [0.1, 0.15) is 49.9 Å². The fraction of sp³-hybridized carbons (Fsp3) is 0.625. The van der Waals surface area contributed by atoms with Crippen molar-refractivity contribution in [3.63, 3.8) is 0 Å². The van der Waals surface area contributed by atoms with E-state index >= 15 is 0 Å². The van der Waals surface area contributed by atoms with Gasteiger partial charge in [0.1, 0.15) is 0 Å². The molecule has 1 N–H and O–H groups in total. The molecule has 1 aromatic rings. The fourth-order valence-corrected chi connectivity index (χ4v) is 4.50. The largest absolute Gasteiger partial charge is 0.348 e. The molecule has 1 saturated heterocycles. The highest BCUT2D eigenvalue weighted by Crippen LogP contribution is 2.30. The van der Waals surface area contributed by atoms with E-state index < -0.39 is 0 Å². The van der Waals surface area contributed by atoms with Gasteiger partial charge >= 0.3 is 0 Å². The van der Waals surface area contributed by atoms with Crippen molar-refractivity contribution in [3.05, 3.63) is 21.3 Å². The highest BCUT2D eigenvalue weighted by molar-refractivity contribution is 7.16.